The van der Waals surface area contributed by atoms with Crippen molar-refractivity contribution in [3.63, 3.8) is 0 Å². The highest BCUT2D eigenvalue weighted by Crippen LogP contribution is 2.07. The summed E-state index contributed by atoms with van der Waals surface area (Å²) < 4.78 is 0. The zero-order valence-electron chi connectivity index (χ0n) is 4.64. The van der Waals surface area contributed by atoms with Crippen LogP contribution in [0.25, 0.3) is 0 Å². The SMILES string of the molecule is CSC(C)CC#N. The number of thioether (sulfide) groups is 1. The molecule has 0 radical (unpaired) electrons. The lowest BCUT2D eigenvalue weighted by atomic mass is 10.4. The molecule has 0 aliphatic rings. The van der Waals surface area contributed by atoms with Crippen LogP contribution >= 0.6 is 11.8 Å². The quantitative estimate of drug-likeness (QED) is 0.546. The third-order valence-electron chi connectivity index (χ3n) is 0.781. The predicted octanol–water partition coefficient (Wildman–Crippen LogP) is 1.65. The molecule has 1 unspecified atom stereocenters. The van der Waals surface area contributed by atoms with E-state index in [2.05, 4.69) is 6.07 Å². The fourth-order valence-electron chi connectivity index (χ4n) is 0.212. The molecule has 0 spiro atoms. The van der Waals surface area contributed by atoms with Gasteiger partial charge in [0.05, 0.1) is 6.07 Å². The van der Waals surface area contributed by atoms with Crippen molar-refractivity contribution in [1.29, 1.82) is 5.26 Å². The topological polar surface area (TPSA) is 23.8 Å². The lowest BCUT2D eigenvalue weighted by molar-refractivity contribution is 0.994. The minimum absolute atomic E-state index is 0.505. The van der Waals surface area contributed by atoms with Crippen LogP contribution in [-0.4, -0.2) is 11.5 Å². The van der Waals surface area contributed by atoms with Crippen molar-refractivity contribution in [3.05, 3.63) is 0 Å². The highest BCUT2D eigenvalue weighted by atomic mass is 32.2. The Hall–Kier alpha value is -0.160. The molecule has 0 heterocycles. The number of nitrogens with zero attached hydrogens (tertiary/aromatic N) is 1. The first-order valence-electron chi connectivity index (χ1n) is 2.21. The Labute approximate surface area is 48.7 Å². The average molecular weight is 115 g/mol. The summed E-state index contributed by atoms with van der Waals surface area (Å²) in [5.74, 6) is 0. The maximum atomic E-state index is 8.10. The van der Waals surface area contributed by atoms with E-state index in [1.807, 2.05) is 13.2 Å². The van der Waals surface area contributed by atoms with Gasteiger partial charge in [-0.05, 0) is 6.26 Å². The molecule has 0 aromatic heterocycles. The van der Waals surface area contributed by atoms with Gasteiger partial charge in [-0.1, -0.05) is 6.92 Å². The molecule has 0 aliphatic heterocycles. The lowest BCUT2D eigenvalue weighted by Crippen LogP contribution is -1.89. The van der Waals surface area contributed by atoms with Crippen LogP contribution in [0.2, 0.25) is 0 Å². The second kappa shape index (κ2) is 4.01. The van der Waals surface area contributed by atoms with E-state index in [1.165, 1.54) is 0 Å². The smallest absolute Gasteiger partial charge is 0.0633 e. The van der Waals surface area contributed by atoms with Crippen LogP contribution in [-0.2, 0) is 0 Å². The van der Waals surface area contributed by atoms with E-state index in [-0.39, 0.29) is 0 Å². The van der Waals surface area contributed by atoms with Crippen LogP contribution in [0.5, 0.6) is 0 Å². The second-order valence-corrected chi connectivity index (χ2v) is 2.68. The first-order chi connectivity index (χ1) is 3.31. The first kappa shape index (κ1) is 6.84. The van der Waals surface area contributed by atoms with Crippen LogP contribution in [0.15, 0.2) is 0 Å². The predicted molar refractivity (Wildman–Crippen MR) is 33.2 cm³/mol. The van der Waals surface area contributed by atoms with E-state index >= 15 is 0 Å². The zero-order valence-corrected chi connectivity index (χ0v) is 5.46. The van der Waals surface area contributed by atoms with Crippen LogP contribution in [0, 0.1) is 11.3 Å². The lowest BCUT2D eigenvalue weighted by Gasteiger charge is -1.96. The summed E-state index contributed by atoms with van der Waals surface area (Å²) in [6.07, 6.45) is 2.68. The second-order valence-electron chi connectivity index (χ2n) is 1.41. The van der Waals surface area contributed by atoms with Crippen LogP contribution in [0.4, 0.5) is 0 Å². The molecule has 7 heavy (non-hydrogen) atoms. The average Bonchev–Trinajstić information content (AvgIpc) is 1.68. The normalized spacial score (nSPS) is 12.7. The van der Waals surface area contributed by atoms with Crippen LogP contribution in [0.3, 0.4) is 0 Å². The van der Waals surface area contributed by atoms with Gasteiger partial charge in [-0.2, -0.15) is 17.0 Å². The Bertz CT molecular complexity index is 74.6. The number of rotatable bonds is 2. The molecular weight excluding hydrogens is 106 g/mol. The minimum atomic E-state index is 0.505. The molecule has 0 aliphatic carbocycles. The maximum Gasteiger partial charge on any atom is 0.0633 e. The zero-order chi connectivity index (χ0) is 5.70. The Balaban J connectivity index is 3.03. The first-order valence-corrected chi connectivity index (χ1v) is 3.49. The Morgan fingerprint density at radius 1 is 1.86 bits per heavy atom. The number of hydrogen-bond donors (Lipinski definition) is 0. The van der Waals surface area contributed by atoms with Gasteiger partial charge in [-0.25, -0.2) is 0 Å². The molecule has 0 aromatic carbocycles. The van der Waals surface area contributed by atoms with E-state index < -0.39 is 0 Å². The molecule has 0 bridgehead atoms. The minimum Gasteiger partial charge on any atom is -0.198 e. The highest BCUT2D eigenvalue weighted by molar-refractivity contribution is 7.99. The molecule has 0 aromatic rings. The van der Waals surface area contributed by atoms with E-state index in [4.69, 9.17) is 5.26 Å². The van der Waals surface area contributed by atoms with Crippen molar-refractivity contribution in [2.75, 3.05) is 6.26 Å². The molecule has 1 atom stereocenters. The summed E-state index contributed by atoms with van der Waals surface area (Å²) in [6, 6.07) is 2.10. The van der Waals surface area contributed by atoms with E-state index in [0.717, 1.165) is 0 Å². The standard InChI is InChI=1S/C5H9NS/c1-5(7-2)3-4-6/h5H,3H2,1-2H3. The van der Waals surface area contributed by atoms with E-state index in [1.54, 1.807) is 11.8 Å². The van der Waals surface area contributed by atoms with Gasteiger partial charge in [0, 0.05) is 11.7 Å². The van der Waals surface area contributed by atoms with Crippen molar-refractivity contribution in [2.24, 2.45) is 0 Å². The van der Waals surface area contributed by atoms with Gasteiger partial charge in [-0.3, -0.25) is 0 Å². The Morgan fingerprint density at radius 3 is 2.57 bits per heavy atom. The molecule has 0 amide bonds. The third kappa shape index (κ3) is 3.68. The molecule has 0 N–H and O–H groups in total. The van der Waals surface area contributed by atoms with Gasteiger partial charge in [0.2, 0.25) is 0 Å². The molecule has 40 valence electrons. The maximum absolute atomic E-state index is 8.10. The number of hydrogen-bond acceptors (Lipinski definition) is 2. The summed E-state index contributed by atoms with van der Waals surface area (Å²) in [6.45, 7) is 2.05. The van der Waals surface area contributed by atoms with Crippen LogP contribution < -0.4 is 0 Å². The summed E-state index contributed by atoms with van der Waals surface area (Å²) in [5.41, 5.74) is 0. The summed E-state index contributed by atoms with van der Waals surface area (Å²) in [5, 5.41) is 8.61. The fraction of sp³-hybridized carbons (Fsp3) is 0.800. The van der Waals surface area contributed by atoms with Crippen molar-refractivity contribution >= 4 is 11.8 Å². The molecule has 0 fully saturated rings. The molecule has 2 heteroatoms. The fourth-order valence-corrected chi connectivity index (χ4v) is 0.453. The van der Waals surface area contributed by atoms with Gasteiger partial charge in [0.15, 0.2) is 0 Å². The van der Waals surface area contributed by atoms with Gasteiger partial charge >= 0.3 is 0 Å². The van der Waals surface area contributed by atoms with Crippen LogP contribution in [0.1, 0.15) is 13.3 Å². The summed E-state index contributed by atoms with van der Waals surface area (Å²) in [4.78, 5) is 0. The number of nitriles is 1. The Morgan fingerprint density at radius 2 is 2.43 bits per heavy atom. The van der Waals surface area contributed by atoms with Gasteiger partial charge < -0.3 is 0 Å². The van der Waals surface area contributed by atoms with Crippen molar-refractivity contribution in [1.82, 2.24) is 0 Å². The van der Waals surface area contributed by atoms with Crippen molar-refractivity contribution in [2.45, 2.75) is 18.6 Å². The molecule has 0 rings (SSSR count). The molecule has 0 saturated heterocycles. The largest absolute Gasteiger partial charge is 0.198 e. The van der Waals surface area contributed by atoms with Gasteiger partial charge in [0.1, 0.15) is 0 Å². The van der Waals surface area contributed by atoms with Crippen molar-refractivity contribution < 1.29 is 0 Å². The molecular formula is C5H9NS. The summed E-state index contributed by atoms with van der Waals surface area (Å²) >= 11 is 1.73. The van der Waals surface area contributed by atoms with Gasteiger partial charge in [0.25, 0.3) is 0 Å². The summed E-state index contributed by atoms with van der Waals surface area (Å²) in [7, 11) is 0. The molecule has 0 saturated carbocycles. The third-order valence-corrected chi connectivity index (χ3v) is 1.75. The molecule has 1 nitrogen and oxygen atoms in total. The Kier molecular flexibility index (Phi) is 3.92. The van der Waals surface area contributed by atoms with Crippen molar-refractivity contribution in [3.8, 4) is 6.07 Å². The highest BCUT2D eigenvalue weighted by Gasteiger charge is 1.93. The monoisotopic (exact) mass is 115 g/mol. The van der Waals surface area contributed by atoms with E-state index in [0.29, 0.717) is 11.7 Å². The van der Waals surface area contributed by atoms with E-state index in [9.17, 15) is 0 Å². The van der Waals surface area contributed by atoms with Gasteiger partial charge in [-0.15, -0.1) is 0 Å².